The van der Waals surface area contributed by atoms with E-state index in [2.05, 4.69) is 36.0 Å². The summed E-state index contributed by atoms with van der Waals surface area (Å²) in [7, 11) is 0. The van der Waals surface area contributed by atoms with Crippen molar-refractivity contribution in [3.63, 3.8) is 0 Å². The van der Waals surface area contributed by atoms with Crippen LogP contribution in [0.1, 0.15) is 39.2 Å². The van der Waals surface area contributed by atoms with Gasteiger partial charge in [0.2, 0.25) is 0 Å². The summed E-state index contributed by atoms with van der Waals surface area (Å²) in [4.78, 5) is 6.33. The molecule has 1 aromatic rings. The second kappa shape index (κ2) is 7.02. The van der Waals surface area contributed by atoms with Crippen LogP contribution in [0.4, 0.5) is 10.2 Å². The average Bonchev–Trinajstić information content (AvgIpc) is 3.22. The number of rotatable bonds is 8. The quantitative estimate of drug-likeness (QED) is 0.792. The van der Waals surface area contributed by atoms with Crippen molar-refractivity contribution in [1.82, 2.24) is 10.3 Å². The van der Waals surface area contributed by atoms with Gasteiger partial charge >= 0.3 is 0 Å². The third kappa shape index (κ3) is 4.17. The molecule has 1 aliphatic carbocycles. The highest BCUT2D eigenvalue weighted by atomic mass is 19.1. The van der Waals surface area contributed by atoms with E-state index in [1.54, 1.807) is 12.3 Å². The molecule has 1 aliphatic rings. The highest BCUT2D eigenvalue weighted by Gasteiger charge is 2.26. The molecule has 0 aromatic carbocycles. The van der Waals surface area contributed by atoms with Gasteiger partial charge in [0.1, 0.15) is 0 Å². The number of nitrogens with one attached hydrogen (secondary N) is 1. The summed E-state index contributed by atoms with van der Waals surface area (Å²) >= 11 is 0. The van der Waals surface area contributed by atoms with Gasteiger partial charge in [-0.15, -0.1) is 0 Å². The maximum Gasteiger partial charge on any atom is 0.170 e. The summed E-state index contributed by atoms with van der Waals surface area (Å²) < 4.78 is 14.6. The van der Waals surface area contributed by atoms with Gasteiger partial charge in [0, 0.05) is 31.4 Å². The minimum Gasteiger partial charge on any atom is -0.354 e. The van der Waals surface area contributed by atoms with E-state index in [-0.39, 0.29) is 5.82 Å². The minimum absolute atomic E-state index is 0.161. The Morgan fingerprint density at radius 2 is 2.20 bits per heavy atom. The van der Waals surface area contributed by atoms with Gasteiger partial charge in [-0.2, -0.15) is 0 Å². The van der Waals surface area contributed by atoms with E-state index in [4.69, 9.17) is 0 Å². The lowest BCUT2D eigenvalue weighted by Gasteiger charge is -2.23. The van der Waals surface area contributed by atoms with Crippen LogP contribution in [0.3, 0.4) is 0 Å². The number of aromatic nitrogens is 1. The molecule has 0 atom stereocenters. The van der Waals surface area contributed by atoms with E-state index in [1.165, 1.54) is 12.8 Å². The molecule has 0 spiro atoms. The molecule has 0 radical (unpaired) electrons. The largest absolute Gasteiger partial charge is 0.354 e. The molecular formula is C16H26FN3. The van der Waals surface area contributed by atoms with Crippen LogP contribution < -0.4 is 10.2 Å². The van der Waals surface area contributed by atoms with Gasteiger partial charge in [-0.25, -0.2) is 9.37 Å². The van der Waals surface area contributed by atoms with E-state index in [0.717, 1.165) is 25.6 Å². The highest BCUT2D eigenvalue weighted by molar-refractivity contribution is 5.43. The van der Waals surface area contributed by atoms with Crippen LogP contribution in [0.5, 0.6) is 0 Å². The fraction of sp³-hybridized carbons (Fsp3) is 0.688. The van der Waals surface area contributed by atoms with Crippen molar-refractivity contribution in [2.24, 2.45) is 11.8 Å². The molecular weight excluding hydrogens is 253 g/mol. The van der Waals surface area contributed by atoms with Crippen molar-refractivity contribution in [2.75, 3.05) is 24.5 Å². The zero-order valence-electron chi connectivity index (χ0n) is 12.8. The lowest BCUT2D eigenvalue weighted by molar-refractivity contribution is 0.531. The second-order valence-electron chi connectivity index (χ2n) is 6.11. The molecule has 0 saturated heterocycles. The molecule has 20 heavy (non-hydrogen) atoms. The number of hydrogen-bond acceptors (Lipinski definition) is 3. The summed E-state index contributed by atoms with van der Waals surface area (Å²) in [6, 6.07) is 1.77. The number of anilines is 1. The van der Waals surface area contributed by atoms with Crippen molar-refractivity contribution in [2.45, 2.75) is 40.2 Å². The number of hydrogen-bond donors (Lipinski definition) is 1. The van der Waals surface area contributed by atoms with Crippen LogP contribution in [0.2, 0.25) is 0 Å². The van der Waals surface area contributed by atoms with Crippen LogP contribution in [-0.2, 0) is 6.54 Å². The number of halogens is 1. The van der Waals surface area contributed by atoms with Crippen molar-refractivity contribution < 1.29 is 4.39 Å². The lowest BCUT2D eigenvalue weighted by Crippen LogP contribution is -2.28. The molecule has 1 N–H and O–H groups in total. The van der Waals surface area contributed by atoms with Gasteiger partial charge in [-0.1, -0.05) is 13.8 Å². The standard InChI is InChI=1S/C16H26FN3/c1-4-20(11-13-5-6-13)16-15(17)14(7-8-19-16)10-18-9-12(2)3/h7-8,12-13,18H,4-6,9-11H2,1-3H3. The maximum absolute atomic E-state index is 14.6. The highest BCUT2D eigenvalue weighted by Crippen LogP contribution is 2.31. The summed E-state index contributed by atoms with van der Waals surface area (Å²) in [5.74, 6) is 1.66. The molecule has 0 bridgehead atoms. The molecule has 2 rings (SSSR count). The molecule has 0 aliphatic heterocycles. The van der Waals surface area contributed by atoms with E-state index < -0.39 is 0 Å². The normalized spacial score (nSPS) is 14.8. The Labute approximate surface area is 121 Å². The Hall–Kier alpha value is -1.16. The van der Waals surface area contributed by atoms with E-state index in [9.17, 15) is 4.39 Å². The van der Waals surface area contributed by atoms with Crippen molar-refractivity contribution in [1.29, 1.82) is 0 Å². The number of nitrogens with zero attached hydrogens (tertiary/aromatic N) is 2. The summed E-state index contributed by atoms with van der Waals surface area (Å²) in [6.07, 6.45) is 4.27. The SMILES string of the molecule is CCN(CC1CC1)c1nccc(CNCC(C)C)c1F. The topological polar surface area (TPSA) is 28.2 Å². The Morgan fingerprint density at radius 3 is 2.80 bits per heavy atom. The second-order valence-corrected chi connectivity index (χ2v) is 6.11. The fourth-order valence-corrected chi connectivity index (χ4v) is 2.30. The maximum atomic E-state index is 14.6. The van der Waals surface area contributed by atoms with Gasteiger partial charge in [0.05, 0.1) is 0 Å². The zero-order valence-corrected chi connectivity index (χ0v) is 12.8. The van der Waals surface area contributed by atoms with Gasteiger partial charge in [0.25, 0.3) is 0 Å². The van der Waals surface area contributed by atoms with E-state index in [0.29, 0.717) is 23.8 Å². The predicted octanol–water partition coefficient (Wildman–Crippen LogP) is 3.20. The molecule has 1 aromatic heterocycles. The lowest BCUT2D eigenvalue weighted by atomic mass is 10.2. The molecule has 3 nitrogen and oxygen atoms in total. The van der Waals surface area contributed by atoms with Crippen molar-refractivity contribution in [3.8, 4) is 0 Å². The molecule has 4 heteroatoms. The van der Waals surface area contributed by atoms with Crippen LogP contribution in [0, 0.1) is 17.7 Å². The van der Waals surface area contributed by atoms with Crippen LogP contribution in [-0.4, -0.2) is 24.6 Å². The summed E-state index contributed by atoms with van der Waals surface area (Å²) in [5, 5.41) is 3.29. The van der Waals surface area contributed by atoms with E-state index >= 15 is 0 Å². The van der Waals surface area contributed by atoms with Crippen LogP contribution >= 0.6 is 0 Å². The van der Waals surface area contributed by atoms with Crippen LogP contribution in [0.25, 0.3) is 0 Å². The van der Waals surface area contributed by atoms with Crippen molar-refractivity contribution >= 4 is 5.82 Å². The first kappa shape index (κ1) is 15.2. The van der Waals surface area contributed by atoms with Gasteiger partial charge in [-0.3, -0.25) is 0 Å². The fourth-order valence-electron chi connectivity index (χ4n) is 2.30. The van der Waals surface area contributed by atoms with E-state index in [1.807, 2.05) is 0 Å². The monoisotopic (exact) mass is 279 g/mol. The first-order chi connectivity index (χ1) is 9.61. The van der Waals surface area contributed by atoms with Gasteiger partial charge in [-0.05, 0) is 44.2 Å². The molecule has 1 fully saturated rings. The van der Waals surface area contributed by atoms with Crippen molar-refractivity contribution in [3.05, 3.63) is 23.6 Å². The van der Waals surface area contributed by atoms with Gasteiger partial charge in [0.15, 0.2) is 11.6 Å². The first-order valence-electron chi connectivity index (χ1n) is 7.70. The summed E-state index contributed by atoms with van der Waals surface area (Å²) in [5.41, 5.74) is 0.713. The smallest absolute Gasteiger partial charge is 0.170 e. The molecule has 1 saturated carbocycles. The third-order valence-electron chi connectivity index (χ3n) is 3.68. The average molecular weight is 279 g/mol. The van der Waals surface area contributed by atoms with Crippen LogP contribution in [0.15, 0.2) is 12.3 Å². The van der Waals surface area contributed by atoms with Gasteiger partial charge < -0.3 is 10.2 Å². The molecule has 0 amide bonds. The predicted molar refractivity (Wildman–Crippen MR) is 81.4 cm³/mol. The molecule has 1 heterocycles. The Balaban J connectivity index is 2.04. The third-order valence-corrected chi connectivity index (χ3v) is 3.68. The minimum atomic E-state index is -0.161. The molecule has 112 valence electrons. The Morgan fingerprint density at radius 1 is 1.45 bits per heavy atom. The Bertz CT molecular complexity index is 430. The molecule has 0 unspecified atom stereocenters. The summed E-state index contributed by atoms with van der Waals surface area (Å²) in [6.45, 7) is 9.57. The number of pyridine rings is 1. The zero-order chi connectivity index (χ0) is 14.5. The Kier molecular flexibility index (Phi) is 5.35. The first-order valence-corrected chi connectivity index (χ1v) is 7.70.